The van der Waals surface area contributed by atoms with Crippen LogP contribution in [-0.2, 0) is 0 Å². The molecule has 0 aliphatic carbocycles. The van der Waals surface area contributed by atoms with Crippen molar-refractivity contribution in [3.63, 3.8) is 0 Å². The predicted molar refractivity (Wildman–Crippen MR) is 61.3 cm³/mol. The van der Waals surface area contributed by atoms with Crippen LogP contribution in [0.25, 0.3) is 5.70 Å². The first-order chi connectivity index (χ1) is 6.56. The Kier molecular flexibility index (Phi) is 3.32. The van der Waals surface area contributed by atoms with Gasteiger partial charge in [-0.2, -0.15) is 5.26 Å². The van der Waals surface area contributed by atoms with Crippen LogP contribution in [0.2, 0.25) is 0 Å². The molecule has 0 saturated carbocycles. The minimum Gasteiger partial charge on any atom is -0.397 e. The number of halogens is 1. The Morgan fingerprint density at radius 3 is 2.64 bits per heavy atom. The van der Waals surface area contributed by atoms with E-state index in [1.807, 2.05) is 31.2 Å². The average molecular weight is 251 g/mol. The van der Waals surface area contributed by atoms with E-state index in [4.69, 9.17) is 11.0 Å². The van der Waals surface area contributed by atoms with Crippen LogP contribution < -0.4 is 5.73 Å². The zero-order chi connectivity index (χ0) is 10.7. The Hall–Kier alpha value is -1.27. The Balaban J connectivity index is 3.29. The fraction of sp³-hybridized carbons (Fsp3) is 0.182. The molecular weight excluding hydrogens is 240 g/mol. The summed E-state index contributed by atoms with van der Waals surface area (Å²) in [5.74, 6) is 0. The quantitative estimate of drug-likeness (QED) is 0.780. The lowest BCUT2D eigenvalue weighted by Gasteiger charge is -2.06. The molecule has 0 unspecified atom stereocenters. The Labute approximate surface area is 92.2 Å². The van der Waals surface area contributed by atoms with Gasteiger partial charge in [0.25, 0.3) is 0 Å². The van der Waals surface area contributed by atoms with Gasteiger partial charge < -0.3 is 5.73 Å². The number of rotatable bonds is 1. The van der Waals surface area contributed by atoms with Crippen molar-refractivity contribution in [2.75, 3.05) is 0 Å². The third kappa shape index (κ3) is 2.15. The van der Waals surface area contributed by atoms with Crippen LogP contribution in [0.5, 0.6) is 0 Å². The highest BCUT2D eigenvalue weighted by Gasteiger charge is 2.05. The first kappa shape index (κ1) is 10.8. The van der Waals surface area contributed by atoms with Gasteiger partial charge >= 0.3 is 0 Å². The smallest absolute Gasteiger partial charge is 0.0965 e. The Morgan fingerprint density at radius 2 is 2.14 bits per heavy atom. The van der Waals surface area contributed by atoms with Gasteiger partial charge in [0, 0.05) is 15.6 Å². The van der Waals surface area contributed by atoms with E-state index in [0.717, 1.165) is 15.6 Å². The summed E-state index contributed by atoms with van der Waals surface area (Å²) in [5.41, 5.74) is 8.92. The normalized spacial score (nSPS) is 11.9. The fourth-order valence-electron chi connectivity index (χ4n) is 1.10. The van der Waals surface area contributed by atoms with Crippen LogP contribution in [0.4, 0.5) is 0 Å². The second kappa shape index (κ2) is 4.30. The van der Waals surface area contributed by atoms with E-state index in [9.17, 15) is 0 Å². The second-order valence-corrected chi connectivity index (χ2v) is 3.99. The van der Waals surface area contributed by atoms with Crippen molar-refractivity contribution >= 4 is 21.6 Å². The number of nitrogens with zero attached hydrogens (tertiary/aromatic N) is 1. The molecule has 72 valence electrons. The maximum absolute atomic E-state index is 8.71. The summed E-state index contributed by atoms with van der Waals surface area (Å²) in [7, 11) is 0. The van der Waals surface area contributed by atoms with Gasteiger partial charge in [-0.05, 0) is 25.5 Å². The van der Waals surface area contributed by atoms with E-state index in [1.54, 1.807) is 6.92 Å². The summed E-state index contributed by atoms with van der Waals surface area (Å²) >= 11 is 3.42. The van der Waals surface area contributed by atoms with E-state index < -0.39 is 0 Å². The minimum absolute atomic E-state index is 0.527. The van der Waals surface area contributed by atoms with Crippen LogP contribution in [-0.4, -0.2) is 0 Å². The monoisotopic (exact) mass is 250 g/mol. The lowest BCUT2D eigenvalue weighted by atomic mass is 10.1. The van der Waals surface area contributed by atoms with Gasteiger partial charge in [-0.3, -0.25) is 0 Å². The molecule has 0 amide bonds. The summed E-state index contributed by atoms with van der Waals surface area (Å²) in [6.07, 6.45) is 0. The summed E-state index contributed by atoms with van der Waals surface area (Å²) < 4.78 is 0.921. The third-order valence-corrected chi connectivity index (χ3v) is 2.64. The van der Waals surface area contributed by atoms with Gasteiger partial charge in [0.05, 0.1) is 11.8 Å². The molecule has 14 heavy (non-hydrogen) atoms. The molecule has 3 heteroatoms. The van der Waals surface area contributed by atoms with Crippen LogP contribution in [0.15, 0.2) is 28.2 Å². The van der Waals surface area contributed by atoms with Crippen molar-refractivity contribution in [2.45, 2.75) is 13.8 Å². The number of hydrogen-bond acceptors (Lipinski definition) is 2. The Bertz CT molecular complexity index is 427. The highest BCUT2D eigenvalue weighted by molar-refractivity contribution is 9.10. The van der Waals surface area contributed by atoms with Crippen molar-refractivity contribution in [3.05, 3.63) is 39.4 Å². The number of hydrogen-bond donors (Lipinski definition) is 1. The molecule has 0 saturated heterocycles. The summed E-state index contributed by atoms with van der Waals surface area (Å²) in [4.78, 5) is 0. The number of nitrogens with two attached hydrogens (primary N) is 1. The van der Waals surface area contributed by atoms with E-state index in [2.05, 4.69) is 15.9 Å². The van der Waals surface area contributed by atoms with Crippen molar-refractivity contribution in [1.82, 2.24) is 0 Å². The lowest BCUT2D eigenvalue weighted by molar-refractivity contribution is 1.36. The van der Waals surface area contributed by atoms with Crippen molar-refractivity contribution in [3.8, 4) is 6.07 Å². The number of aryl methyl sites for hydroxylation is 1. The third-order valence-electron chi connectivity index (χ3n) is 1.99. The molecule has 0 aliphatic heterocycles. The first-order valence-corrected chi connectivity index (χ1v) is 4.98. The topological polar surface area (TPSA) is 49.8 Å². The molecule has 1 aromatic carbocycles. The fourth-order valence-corrected chi connectivity index (χ4v) is 1.81. The van der Waals surface area contributed by atoms with E-state index in [-0.39, 0.29) is 0 Å². The molecule has 0 heterocycles. The van der Waals surface area contributed by atoms with Gasteiger partial charge in [-0.1, -0.05) is 28.1 Å². The average Bonchev–Trinajstić information content (AvgIpc) is 2.15. The van der Waals surface area contributed by atoms with Crippen molar-refractivity contribution in [2.24, 2.45) is 5.73 Å². The van der Waals surface area contributed by atoms with Gasteiger partial charge in [0.1, 0.15) is 0 Å². The largest absolute Gasteiger partial charge is 0.397 e. The zero-order valence-electron chi connectivity index (χ0n) is 8.13. The predicted octanol–water partition coefficient (Wildman–Crippen LogP) is 2.97. The van der Waals surface area contributed by atoms with Crippen LogP contribution in [0, 0.1) is 18.3 Å². The molecule has 0 spiro atoms. The molecule has 0 aromatic heterocycles. The number of benzene rings is 1. The maximum Gasteiger partial charge on any atom is 0.0965 e. The van der Waals surface area contributed by atoms with Gasteiger partial charge in [-0.15, -0.1) is 0 Å². The molecule has 0 radical (unpaired) electrons. The molecule has 0 fully saturated rings. The highest BCUT2D eigenvalue weighted by atomic mass is 79.9. The minimum atomic E-state index is 0.527. The molecule has 0 bridgehead atoms. The van der Waals surface area contributed by atoms with E-state index >= 15 is 0 Å². The van der Waals surface area contributed by atoms with Gasteiger partial charge in [0.2, 0.25) is 0 Å². The maximum atomic E-state index is 8.71. The van der Waals surface area contributed by atoms with Crippen molar-refractivity contribution < 1.29 is 0 Å². The number of allylic oxidation sites excluding steroid dienone is 1. The second-order valence-electron chi connectivity index (χ2n) is 3.13. The van der Waals surface area contributed by atoms with E-state index in [1.165, 1.54) is 0 Å². The molecule has 1 rings (SSSR count). The zero-order valence-corrected chi connectivity index (χ0v) is 9.72. The van der Waals surface area contributed by atoms with E-state index in [0.29, 0.717) is 11.3 Å². The van der Waals surface area contributed by atoms with Gasteiger partial charge in [0.15, 0.2) is 0 Å². The molecule has 0 atom stereocenters. The first-order valence-electron chi connectivity index (χ1n) is 4.19. The SMILES string of the molecule is C/C(C#N)=C(/N)c1ccc(C)cc1Br. The van der Waals surface area contributed by atoms with Crippen LogP contribution in [0.3, 0.4) is 0 Å². The molecule has 2 N–H and O–H groups in total. The lowest BCUT2D eigenvalue weighted by Crippen LogP contribution is -2.00. The summed E-state index contributed by atoms with van der Waals surface area (Å²) in [6, 6.07) is 7.90. The summed E-state index contributed by atoms with van der Waals surface area (Å²) in [5, 5.41) is 8.71. The molecule has 1 aromatic rings. The summed E-state index contributed by atoms with van der Waals surface area (Å²) in [6.45, 7) is 3.72. The Morgan fingerprint density at radius 1 is 1.50 bits per heavy atom. The highest BCUT2D eigenvalue weighted by Crippen LogP contribution is 2.24. The van der Waals surface area contributed by atoms with Crippen molar-refractivity contribution in [1.29, 1.82) is 5.26 Å². The molecular formula is C11H11BrN2. The standard InChI is InChI=1S/C11H11BrN2/c1-7-3-4-9(10(12)5-7)11(14)8(2)6-13/h3-5H,14H2,1-2H3/b11-8-. The van der Waals surface area contributed by atoms with Crippen LogP contribution >= 0.6 is 15.9 Å². The molecule has 2 nitrogen and oxygen atoms in total. The number of nitriles is 1. The molecule has 0 aliphatic rings. The van der Waals surface area contributed by atoms with Gasteiger partial charge in [-0.25, -0.2) is 0 Å². The van der Waals surface area contributed by atoms with Crippen LogP contribution in [0.1, 0.15) is 18.1 Å².